The summed E-state index contributed by atoms with van der Waals surface area (Å²) in [6.45, 7) is 1.91. The Morgan fingerprint density at radius 2 is 1.72 bits per heavy atom. The quantitative estimate of drug-likeness (QED) is 0.772. The number of hydrogen-bond acceptors (Lipinski definition) is 5. The van der Waals surface area contributed by atoms with Crippen molar-refractivity contribution in [2.45, 2.75) is 6.92 Å². The van der Waals surface area contributed by atoms with Crippen molar-refractivity contribution in [3.63, 3.8) is 0 Å². The Hall–Kier alpha value is -3.22. The molecular formula is C18H19N3O4. The predicted molar refractivity (Wildman–Crippen MR) is 94.0 cm³/mol. The van der Waals surface area contributed by atoms with Crippen LogP contribution in [0.4, 0.5) is 5.69 Å². The van der Waals surface area contributed by atoms with Gasteiger partial charge < -0.3 is 23.9 Å². The maximum atomic E-state index is 12.6. The fourth-order valence-corrected chi connectivity index (χ4v) is 2.61. The van der Waals surface area contributed by atoms with Crippen LogP contribution in [0.15, 0.2) is 36.7 Å². The van der Waals surface area contributed by atoms with Crippen LogP contribution in [0, 0.1) is 6.92 Å². The molecule has 0 aliphatic heterocycles. The highest BCUT2D eigenvalue weighted by molar-refractivity contribution is 6.04. The molecule has 3 rings (SSSR count). The fourth-order valence-electron chi connectivity index (χ4n) is 2.61. The molecule has 3 aromatic rings. The number of rotatable bonds is 5. The van der Waals surface area contributed by atoms with E-state index in [1.165, 1.54) is 21.3 Å². The SMILES string of the molecule is COc1cc(NC(=O)c2ccc3nc(C)cn3c2)cc(OC)c1OC. The topological polar surface area (TPSA) is 74.1 Å². The molecule has 0 saturated heterocycles. The second-order valence-electron chi connectivity index (χ2n) is 5.43. The van der Waals surface area contributed by atoms with Gasteiger partial charge in [0.25, 0.3) is 5.91 Å². The van der Waals surface area contributed by atoms with Crippen molar-refractivity contribution in [3.8, 4) is 17.2 Å². The van der Waals surface area contributed by atoms with Gasteiger partial charge >= 0.3 is 0 Å². The third-order valence-corrected chi connectivity index (χ3v) is 3.76. The molecule has 2 aromatic heterocycles. The Morgan fingerprint density at radius 1 is 1.04 bits per heavy atom. The van der Waals surface area contributed by atoms with Crippen molar-refractivity contribution in [3.05, 3.63) is 47.9 Å². The number of ether oxygens (including phenoxy) is 3. The van der Waals surface area contributed by atoms with Crippen LogP contribution >= 0.6 is 0 Å². The number of benzene rings is 1. The Balaban J connectivity index is 1.91. The summed E-state index contributed by atoms with van der Waals surface area (Å²) in [5, 5.41) is 2.84. The number of aromatic nitrogens is 2. The molecule has 1 N–H and O–H groups in total. The Labute approximate surface area is 145 Å². The molecule has 0 bridgehead atoms. The van der Waals surface area contributed by atoms with E-state index in [9.17, 15) is 4.79 Å². The summed E-state index contributed by atoms with van der Waals surface area (Å²) in [4.78, 5) is 16.9. The molecule has 25 heavy (non-hydrogen) atoms. The summed E-state index contributed by atoms with van der Waals surface area (Å²) >= 11 is 0. The number of nitrogens with zero attached hydrogens (tertiary/aromatic N) is 2. The van der Waals surface area contributed by atoms with Gasteiger partial charge in [-0.2, -0.15) is 0 Å². The van der Waals surface area contributed by atoms with Gasteiger partial charge in [0, 0.05) is 30.2 Å². The third-order valence-electron chi connectivity index (χ3n) is 3.76. The maximum absolute atomic E-state index is 12.6. The molecule has 0 fully saturated rings. The number of hydrogen-bond donors (Lipinski definition) is 1. The molecule has 7 nitrogen and oxygen atoms in total. The normalized spacial score (nSPS) is 10.6. The zero-order valence-corrected chi connectivity index (χ0v) is 14.5. The number of carbonyl (C=O) groups is 1. The molecule has 2 heterocycles. The highest BCUT2D eigenvalue weighted by Gasteiger charge is 2.15. The molecule has 0 atom stereocenters. The largest absolute Gasteiger partial charge is 0.493 e. The van der Waals surface area contributed by atoms with E-state index >= 15 is 0 Å². The molecule has 0 radical (unpaired) electrons. The molecule has 7 heteroatoms. The lowest BCUT2D eigenvalue weighted by atomic mass is 10.2. The highest BCUT2D eigenvalue weighted by Crippen LogP contribution is 2.40. The first-order valence-corrected chi connectivity index (χ1v) is 7.62. The molecule has 1 amide bonds. The lowest BCUT2D eigenvalue weighted by molar-refractivity contribution is 0.102. The monoisotopic (exact) mass is 341 g/mol. The Morgan fingerprint density at radius 3 is 2.32 bits per heavy atom. The minimum absolute atomic E-state index is 0.248. The van der Waals surface area contributed by atoms with E-state index in [1.807, 2.05) is 17.5 Å². The van der Waals surface area contributed by atoms with Crippen LogP contribution < -0.4 is 19.5 Å². The molecule has 0 unspecified atom stereocenters. The van der Waals surface area contributed by atoms with Gasteiger partial charge in [-0.15, -0.1) is 0 Å². The standard InChI is InChI=1S/C18H19N3O4/c1-11-9-21-10-12(5-6-16(21)19-11)18(22)20-13-7-14(23-2)17(25-4)15(8-13)24-3/h5-10H,1-4H3,(H,20,22). The summed E-state index contributed by atoms with van der Waals surface area (Å²) in [6, 6.07) is 6.89. The number of amides is 1. The van der Waals surface area contributed by atoms with Crippen LogP contribution in [0.3, 0.4) is 0 Å². The average Bonchev–Trinajstić information content (AvgIpc) is 2.99. The van der Waals surface area contributed by atoms with E-state index in [0.29, 0.717) is 28.5 Å². The van der Waals surface area contributed by atoms with E-state index < -0.39 is 0 Å². The van der Waals surface area contributed by atoms with Crippen LogP contribution in [0.2, 0.25) is 0 Å². The zero-order valence-electron chi connectivity index (χ0n) is 14.5. The van der Waals surface area contributed by atoms with Gasteiger partial charge in [0.15, 0.2) is 11.5 Å². The zero-order chi connectivity index (χ0) is 18.0. The van der Waals surface area contributed by atoms with Gasteiger partial charge in [-0.25, -0.2) is 4.98 Å². The van der Waals surface area contributed by atoms with Gasteiger partial charge in [0.1, 0.15) is 5.65 Å². The molecule has 0 saturated carbocycles. The predicted octanol–water partition coefficient (Wildman–Crippen LogP) is 2.92. The van der Waals surface area contributed by atoms with E-state index in [4.69, 9.17) is 14.2 Å². The number of carbonyl (C=O) groups excluding carboxylic acids is 1. The third kappa shape index (κ3) is 3.21. The van der Waals surface area contributed by atoms with Crippen molar-refractivity contribution in [2.75, 3.05) is 26.6 Å². The second-order valence-corrected chi connectivity index (χ2v) is 5.43. The first kappa shape index (κ1) is 16.6. The highest BCUT2D eigenvalue weighted by atomic mass is 16.5. The number of aryl methyl sites for hydroxylation is 1. The summed E-state index contributed by atoms with van der Waals surface area (Å²) in [7, 11) is 4.58. The minimum Gasteiger partial charge on any atom is -0.493 e. The van der Waals surface area contributed by atoms with Gasteiger partial charge in [0.2, 0.25) is 5.75 Å². The van der Waals surface area contributed by atoms with Gasteiger partial charge in [-0.1, -0.05) is 0 Å². The number of imidazole rings is 1. The van der Waals surface area contributed by atoms with Crippen LogP contribution in [0.5, 0.6) is 17.2 Å². The number of anilines is 1. The van der Waals surface area contributed by atoms with E-state index in [-0.39, 0.29) is 5.91 Å². The fraction of sp³-hybridized carbons (Fsp3) is 0.222. The molecular weight excluding hydrogens is 322 g/mol. The van der Waals surface area contributed by atoms with Crippen molar-refractivity contribution in [1.29, 1.82) is 0 Å². The Bertz CT molecular complexity index is 908. The summed E-state index contributed by atoms with van der Waals surface area (Å²) in [5.74, 6) is 1.16. The van der Waals surface area contributed by atoms with Crippen LogP contribution in [0.1, 0.15) is 16.1 Å². The Kier molecular flexibility index (Phi) is 4.47. The van der Waals surface area contributed by atoms with Gasteiger partial charge in [0.05, 0.1) is 32.6 Å². The lowest BCUT2D eigenvalue weighted by Crippen LogP contribution is -2.13. The second kappa shape index (κ2) is 6.72. The summed E-state index contributed by atoms with van der Waals surface area (Å²) < 4.78 is 17.7. The van der Waals surface area contributed by atoms with E-state index in [2.05, 4.69) is 10.3 Å². The first-order valence-electron chi connectivity index (χ1n) is 7.62. The molecule has 0 aliphatic carbocycles. The van der Waals surface area contributed by atoms with Crippen LogP contribution in [0.25, 0.3) is 5.65 Å². The number of nitrogens with one attached hydrogen (secondary N) is 1. The van der Waals surface area contributed by atoms with Crippen molar-refractivity contribution < 1.29 is 19.0 Å². The first-order chi connectivity index (χ1) is 12.0. The maximum Gasteiger partial charge on any atom is 0.257 e. The van der Waals surface area contributed by atoms with Crippen molar-refractivity contribution in [1.82, 2.24) is 9.38 Å². The number of pyridine rings is 1. The molecule has 130 valence electrons. The van der Waals surface area contributed by atoms with Crippen LogP contribution in [-0.4, -0.2) is 36.6 Å². The van der Waals surface area contributed by atoms with Gasteiger partial charge in [-0.3, -0.25) is 4.79 Å². The number of fused-ring (bicyclic) bond motifs is 1. The number of methoxy groups -OCH3 is 3. The van der Waals surface area contributed by atoms with Gasteiger partial charge in [-0.05, 0) is 19.1 Å². The molecule has 1 aromatic carbocycles. The van der Waals surface area contributed by atoms with Crippen molar-refractivity contribution >= 4 is 17.2 Å². The molecule has 0 aliphatic rings. The average molecular weight is 341 g/mol. The smallest absolute Gasteiger partial charge is 0.257 e. The summed E-state index contributed by atoms with van der Waals surface area (Å²) in [5.41, 5.74) is 2.74. The van der Waals surface area contributed by atoms with E-state index in [1.54, 1.807) is 30.5 Å². The lowest BCUT2D eigenvalue weighted by Gasteiger charge is -2.14. The van der Waals surface area contributed by atoms with E-state index in [0.717, 1.165) is 11.3 Å². The minimum atomic E-state index is -0.248. The molecule has 0 spiro atoms. The summed E-state index contributed by atoms with van der Waals surface area (Å²) in [6.07, 6.45) is 3.61. The van der Waals surface area contributed by atoms with Crippen LogP contribution in [-0.2, 0) is 0 Å². The van der Waals surface area contributed by atoms with Crippen molar-refractivity contribution in [2.24, 2.45) is 0 Å².